The van der Waals surface area contributed by atoms with Crippen molar-refractivity contribution in [1.29, 1.82) is 0 Å². The van der Waals surface area contributed by atoms with Crippen LogP contribution in [0.1, 0.15) is 40.7 Å². The molecule has 0 bridgehead atoms. The molecule has 0 unspecified atom stereocenters. The van der Waals surface area contributed by atoms with Gasteiger partial charge in [0.05, 0.1) is 17.8 Å². The Bertz CT molecular complexity index is 1090. The number of carbonyl (C=O) groups excluding carboxylic acids is 1. The van der Waals surface area contributed by atoms with Crippen molar-refractivity contribution in [3.8, 4) is 22.9 Å². The molecule has 1 amide bonds. The zero-order chi connectivity index (χ0) is 20.7. The molecule has 4 heterocycles. The summed E-state index contributed by atoms with van der Waals surface area (Å²) >= 11 is 0. The van der Waals surface area contributed by atoms with Crippen molar-refractivity contribution < 1.29 is 18.8 Å². The molecule has 2 aromatic heterocycles. The van der Waals surface area contributed by atoms with E-state index in [1.165, 1.54) is 0 Å². The van der Waals surface area contributed by atoms with Gasteiger partial charge in [-0.3, -0.25) is 14.4 Å². The Labute approximate surface area is 172 Å². The maximum Gasteiger partial charge on any atom is 0.252 e. The first-order valence-electron chi connectivity index (χ1n) is 9.85. The van der Waals surface area contributed by atoms with Gasteiger partial charge in [-0.2, -0.15) is 10.1 Å². The lowest BCUT2D eigenvalue weighted by Gasteiger charge is -2.31. The zero-order valence-electron chi connectivity index (χ0n) is 16.6. The van der Waals surface area contributed by atoms with Crippen LogP contribution >= 0.6 is 0 Å². The topological polar surface area (TPSA) is 122 Å². The molecule has 0 radical (unpaired) electrons. The zero-order valence-corrected chi connectivity index (χ0v) is 16.6. The summed E-state index contributed by atoms with van der Waals surface area (Å²) in [5.41, 5.74) is 7.60. The van der Waals surface area contributed by atoms with Gasteiger partial charge in [-0.05, 0) is 37.6 Å². The number of carbonyl (C=O) groups is 1. The number of aryl methyl sites for hydroxylation is 1. The Morgan fingerprint density at radius 3 is 3.03 bits per heavy atom. The molecular formula is C20H22N6O4. The Morgan fingerprint density at radius 2 is 2.17 bits per heavy atom. The highest BCUT2D eigenvalue weighted by molar-refractivity contribution is 5.93. The van der Waals surface area contributed by atoms with Gasteiger partial charge in [0.1, 0.15) is 0 Å². The highest BCUT2D eigenvalue weighted by Gasteiger charge is 2.28. The van der Waals surface area contributed by atoms with Crippen LogP contribution in [-0.4, -0.2) is 50.6 Å². The summed E-state index contributed by atoms with van der Waals surface area (Å²) in [6, 6.07) is 5.57. The molecule has 1 saturated heterocycles. The number of ether oxygens (including phenoxy) is 2. The van der Waals surface area contributed by atoms with E-state index < -0.39 is 5.91 Å². The molecule has 2 N–H and O–H groups in total. The number of amides is 1. The van der Waals surface area contributed by atoms with E-state index in [4.69, 9.17) is 19.7 Å². The van der Waals surface area contributed by atoms with Gasteiger partial charge in [0.2, 0.25) is 18.5 Å². The first kappa shape index (κ1) is 18.6. The second-order valence-corrected chi connectivity index (χ2v) is 7.62. The van der Waals surface area contributed by atoms with Crippen molar-refractivity contribution >= 4 is 5.91 Å². The van der Waals surface area contributed by atoms with Crippen molar-refractivity contribution in [2.45, 2.75) is 25.3 Å². The van der Waals surface area contributed by atoms with Crippen molar-refractivity contribution in [3.63, 3.8) is 0 Å². The molecule has 156 valence electrons. The molecule has 10 heteroatoms. The number of piperidine rings is 1. The normalized spacial score (nSPS) is 18.6. The van der Waals surface area contributed by atoms with Gasteiger partial charge in [0.25, 0.3) is 5.91 Å². The Kier molecular flexibility index (Phi) is 4.62. The number of likely N-dealkylation sites (tertiary alicyclic amines) is 1. The number of aromatic nitrogens is 4. The Morgan fingerprint density at radius 1 is 1.30 bits per heavy atom. The maximum atomic E-state index is 11.8. The summed E-state index contributed by atoms with van der Waals surface area (Å²) in [5, 5.41) is 8.59. The quantitative estimate of drug-likeness (QED) is 0.674. The minimum Gasteiger partial charge on any atom is -0.454 e. The highest BCUT2D eigenvalue weighted by atomic mass is 16.7. The summed E-state index contributed by atoms with van der Waals surface area (Å²) in [5.74, 6) is 2.14. The standard InChI is InChI=1S/C20H22N6O4/c1-25-9-14(19(21)27)18(23-25)13-3-2-6-26(8-13)10-17-22-20(24-30-17)12-4-5-15-16(7-12)29-11-28-15/h4-5,7,9,13H,2-3,6,8,10-11H2,1H3,(H2,21,27)/t13-/m1/s1. The number of primary amides is 1. The van der Waals surface area contributed by atoms with Crippen LogP contribution in [0.5, 0.6) is 11.5 Å². The average Bonchev–Trinajstić information content (AvgIpc) is 3.46. The van der Waals surface area contributed by atoms with E-state index in [0.717, 1.165) is 37.2 Å². The molecule has 5 rings (SSSR count). The van der Waals surface area contributed by atoms with Crippen LogP contribution in [0, 0.1) is 0 Å². The molecule has 0 aliphatic carbocycles. The SMILES string of the molecule is Cn1cc(C(N)=O)c([C@@H]2CCCN(Cc3nc(-c4ccc5c(c4)OCO5)no3)C2)n1. The minimum absolute atomic E-state index is 0.138. The second kappa shape index (κ2) is 7.45. The van der Waals surface area contributed by atoms with Gasteiger partial charge < -0.3 is 19.7 Å². The fourth-order valence-corrected chi connectivity index (χ4v) is 4.08. The average molecular weight is 410 g/mol. The Hall–Kier alpha value is -3.40. The summed E-state index contributed by atoms with van der Waals surface area (Å²) in [7, 11) is 1.80. The van der Waals surface area contributed by atoms with Crippen LogP contribution in [-0.2, 0) is 13.6 Å². The van der Waals surface area contributed by atoms with Crippen LogP contribution in [0.4, 0.5) is 0 Å². The molecule has 2 aliphatic heterocycles. The van der Waals surface area contributed by atoms with Gasteiger partial charge in [-0.15, -0.1) is 0 Å². The number of fused-ring (bicyclic) bond motifs is 1. The number of benzene rings is 1. The van der Waals surface area contributed by atoms with Crippen molar-refractivity contribution in [3.05, 3.63) is 41.5 Å². The van der Waals surface area contributed by atoms with Crippen molar-refractivity contribution in [2.75, 3.05) is 19.9 Å². The monoisotopic (exact) mass is 410 g/mol. The molecule has 2 aliphatic rings. The smallest absolute Gasteiger partial charge is 0.252 e. The third-order valence-corrected chi connectivity index (χ3v) is 5.47. The van der Waals surface area contributed by atoms with Gasteiger partial charge in [0.15, 0.2) is 11.5 Å². The van der Waals surface area contributed by atoms with Crippen LogP contribution in [0.2, 0.25) is 0 Å². The molecule has 0 saturated carbocycles. The summed E-state index contributed by atoms with van der Waals surface area (Å²) in [6.07, 6.45) is 3.63. The molecule has 0 spiro atoms. The van der Waals surface area contributed by atoms with E-state index in [2.05, 4.69) is 20.1 Å². The number of nitrogens with two attached hydrogens (primary N) is 1. The van der Waals surface area contributed by atoms with Crippen molar-refractivity contribution in [2.24, 2.45) is 12.8 Å². The maximum absolute atomic E-state index is 11.8. The van der Waals surface area contributed by atoms with Crippen LogP contribution in [0.25, 0.3) is 11.4 Å². The largest absolute Gasteiger partial charge is 0.454 e. The highest BCUT2D eigenvalue weighted by Crippen LogP contribution is 2.35. The first-order chi connectivity index (χ1) is 14.6. The summed E-state index contributed by atoms with van der Waals surface area (Å²) in [4.78, 5) is 18.5. The summed E-state index contributed by atoms with van der Waals surface area (Å²) in [6.45, 7) is 2.42. The molecule has 30 heavy (non-hydrogen) atoms. The predicted octanol–water partition coefficient (Wildman–Crippen LogP) is 1.68. The lowest BCUT2D eigenvalue weighted by Crippen LogP contribution is -2.34. The lowest BCUT2D eigenvalue weighted by molar-refractivity contribution is 0.0997. The number of nitrogens with zero attached hydrogens (tertiary/aromatic N) is 5. The molecule has 3 aromatic rings. The molecule has 1 aromatic carbocycles. The van der Waals surface area contributed by atoms with Crippen molar-refractivity contribution in [1.82, 2.24) is 24.8 Å². The van der Waals surface area contributed by atoms with E-state index in [1.54, 1.807) is 17.9 Å². The van der Waals surface area contributed by atoms with E-state index in [0.29, 0.717) is 35.3 Å². The fraction of sp³-hybridized carbons (Fsp3) is 0.400. The van der Waals surface area contributed by atoms with E-state index in [-0.39, 0.29) is 12.7 Å². The number of hydrogen-bond acceptors (Lipinski definition) is 8. The molecule has 1 atom stereocenters. The van der Waals surface area contributed by atoms with Gasteiger partial charge >= 0.3 is 0 Å². The van der Waals surface area contributed by atoms with E-state index in [1.807, 2.05) is 18.2 Å². The van der Waals surface area contributed by atoms with Crippen LogP contribution < -0.4 is 15.2 Å². The lowest BCUT2D eigenvalue weighted by atomic mass is 9.92. The number of hydrogen-bond donors (Lipinski definition) is 1. The van der Waals surface area contributed by atoms with Crippen LogP contribution in [0.15, 0.2) is 28.9 Å². The van der Waals surface area contributed by atoms with E-state index in [9.17, 15) is 4.79 Å². The summed E-state index contributed by atoms with van der Waals surface area (Å²) < 4.78 is 17.9. The van der Waals surface area contributed by atoms with Gasteiger partial charge in [-0.1, -0.05) is 5.16 Å². The predicted molar refractivity (Wildman–Crippen MR) is 105 cm³/mol. The molecule has 1 fully saturated rings. The molecular weight excluding hydrogens is 388 g/mol. The van der Waals surface area contributed by atoms with E-state index >= 15 is 0 Å². The third kappa shape index (κ3) is 3.50. The van der Waals surface area contributed by atoms with Gasteiger partial charge in [0, 0.05) is 31.3 Å². The number of rotatable bonds is 5. The first-order valence-corrected chi connectivity index (χ1v) is 9.85. The fourth-order valence-electron chi connectivity index (χ4n) is 4.08. The van der Waals surface area contributed by atoms with Gasteiger partial charge in [-0.25, -0.2) is 0 Å². The third-order valence-electron chi connectivity index (χ3n) is 5.47. The second-order valence-electron chi connectivity index (χ2n) is 7.62. The minimum atomic E-state index is -0.444. The molecule has 10 nitrogen and oxygen atoms in total. The Balaban J connectivity index is 1.29. The van der Waals surface area contributed by atoms with Crippen LogP contribution in [0.3, 0.4) is 0 Å².